The fourth-order valence-corrected chi connectivity index (χ4v) is 2.72. The second kappa shape index (κ2) is 8.60. The largest absolute Gasteiger partial charge is 0.317 e. The van der Waals surface area contributed by atoms with Crippen molar-refractivity contribution >= 4 is 11.6 Å². The zero-order valence-corrected chi connectivity index (χ0v) is 13.6. The van der Waals surface area contributed by atoms with Gasteiger partial charge in [-0.3, -0.25) is 4.68 Å². The lowest BCUT2D eigenvalue weighted by molar-refractivity contribution is 0.471. The lowest BCUT2D eigenvalue weighted by atomic mass is 10.0. The van der Waals surface area contributed by atoms with E-state index in [1.165, 1.54) is 38.5 Å². The van der Waals surface area contributed by atoms with Crippen LogP contribution in [0.1, 0.15) is 56.8 Å². The van der Waals surface area contributed by atoms with Crippen LogP contribution in [0.3, 0.4) is 0 Å². The molecule has 1 heterocycles. The fourth-order valence-electron chi connectivity index (χ4n) is 2.48. The molecular formula is C15H28ClN3. The Labute approximate surface area is 122 Å². The molecule has 1 aromatic heterocycles. The monoisotopic (exact) mass is 285 g/mol. The molecule has 0 spiro atoms. The minimum absolute atomic E-state index is 0.494. The minimum Gasteiger partial charge on any atom is -0.317 e. The molecule has 0 saturated carbocycles. The van der Waals surface area contributed by atoms with Crippen molar-refractivity contribution in [1.29, 1.82) is 0 Å². The topological polar surface area (TPSA) is 29.9 Å². The molecule has 1 aromatic rings. The number of hydrogen-bond donors (Lipinski definition) is 1. The van der Waals surface area contributed by atoms with Crippen LogP contribution < -0.4 is 5.32 Å². The molecule has 110 valence electrons. The number of aromatic nitrogens is 2. The second-order valence-electron chi connectivity index (χ2n) is 5.36. The first-order valence-electron chi connectivity index (χ1n) is 7.45. The molecule has 0 saturated heterocycles. The highest BCUT2D eigenvalue weighted by Crippen LogP contribution is 2.22. The zero-order valence-electron chi connectivity index (χ0n) is 12.8. The maximum atomic E-state index is 6.31. The SMILES string of the molecule is CCCCCCCC(Cc1c(Cl)c(C)nn1C)NC. The molecule has 1 atom stereocenters. The van der Waals surface area contributed by atoms with Gasteiger partial charge >= 0.3 is 0 Å². The highest BCUT2D eigenvalue weighted by molar-refractivity contribution is 6.31. The molecule has 0 aromatic carbocycles. The van der Waals surface area contributed by atoms with Gasteiger partial charge in [-0.2, -0.15) is 5.10 Å². The average Bonchev–Trinajstić information content (AvgIpc) is 2.63. The summed E-state index contributed by atoms with van der Waals surface area (Å²) in [6.07, 6.45) is 8.82. The fraction of sp³-hybridized carbons (Fsp3) is 0.800. The van der Waals surface area contributed by atoms with Crippen molar-refractivity contribution in [2.75, 3.05) is 7.05 Å². The Kier molecular flexibility index (Phi) is 7.47. The first-order chi connectivity index (χ1) is 9.10. The van der Waals surface area contributed by atoms with Crippen LogP contribution in [0.15, 0.2) is 0 Å². The molecule has 0 bridgehead atoms. The highest BCUT2D eigenvalue weighted by Gasteiger charge is 2.15. The third-order valence-corrected chi connectivity index (χ3v) is 4.26. The van der Waals surface area contributed by atoms with Crippen LogP contribution in [-0.2, 0) is 13.5 Å². The van der Waals surface area contributed by atoms with Gasteiger partial charge in [0.05, 0.1) is 16.4 Å². The summed E-state index contributed by atoms with van der Waals surface area (Å²) in [6, 6.07) is 0.494. The number of nitrogens with one attached hydrogen (secondary N) is 1. The van der Waals surface area contributed by atoms with Gasteiger partial charge < -0.3 is 5.32 Å². The van der Waals surface area contributed by atoms with E-state index in [0.717, 1.165) is 22.8 Å². The van der Waals surface area contributed by atoms with E-state index in [4.69, 9.17) is 11.6 Å². The van der Waals surface area contributed by atoms with E-state index in [1.807, 2.05) is 25.7 Å². The average molecular weight is 286 g/mol. The van der Waals surface area contributed by atoms with Crippen LogP contribution in [0.5, 0.6) is 0 Å². The Bertz CT molecular complexity index is 374. The predicted octanol–water partition coefficient (Wildman–Crippen LogP) is 3.87. The number of hydrogen-bond acceptors (Lipinski definition) is 2. The molecule has 19 heavy (non-hydrogen) atoms. The third-order valence-electron chi connectivity index (χ3n) is 3.77. The van der Waals surface area contributed by atoms with Crippen LogP contribution in [0, 0.1) is 6.92 Å². The van der Waals surface area contributed by atoms with Crippen molar-refractivity contribution < 1.29 is 0 Å². The summed E-state index contributed by atoms with van der Waals surface area (Å²) in [5.41, 5.74) is 2.07. The number of unbranched alkanes of at least 4 members (excludes halogenated alkanes) is 4. The molecule has 0 aliphatic carbocycles. The highest BCUT2D eigenvalue weighted by atomic mass is 35.5. The Balaban J connectivity index is 2.43. The van der Waals surface area contributed by atoms with Gasteiger partial charge in [-0.25, -0.2) is 0 Å². The summed E-state index contributed by atoms with van der Waals surface area (Å²) in [5.74, 6) is 0. The van der Waals surface area contributed by atoms with Crippen LogP contribution in [0.4, 0.5) is 0 Å². The Morgan fingerprint density at radius 2 is 1.95 bits per heavy atom. The van der Waals surface area contributed by atoms with Crippen LogP contribution in [0.2, 0.25) is 5.02 Å². The smallest absolute Gasteiger partial charge is 0.0847 e. The maximum Gasteiger partial charge on any atom is 0.0847 e. The van der Waals surface area contributed by atoms with Crippen molar-refractivity contribution in [3.63, 3.8) is 0 Å². The summed E-state index contributed by atoms with van der Waals surface area (Å²) in [7, 11) is 4.01. The van der Waals surface area contributed by atoms with Crippen molar-refractivity contribution in [3.8, 4) is 0 Å². The van der Waals surface area contributed by atoms with E-state index < -0.39 is 0 Å². The van der Waals surface area contributed by atoms with E-state index in [0.29, 0.717) is 6.04 Å². The third kappa shape index (κ3) is 5.15. The van der Waals surface area contributed by atoms with Crippen LogP contribution in [0.25, 0.3) is 0 Å². The molecule has 1 unspecified atom stereocenters. The number of halogens is 1. The van der Waals surface area contributed by atoms with Gasteiger partial charge in [0.1, 0.15) is 0 Å². The standard InChI is InChI=1S/C15H28ClN3/c1-5-6-7-8-9-10-13(17-3)11-14-15(16)12(2)18-19(14)4/h13,17H,5-11H2,1-4H3. The van der Waals surface area contributed by atoms with Crippen LogP contribution >= 0.6 is 11.6 Å². The van der Waals surface area contributed by atoms with Gasteiger partial charge in [0, 0.05) is 19.5 Å². The number of likely N-dealkylation sites (N-methyl/N-ethyl adjacent to an activating group) is 1. The van der Waals surface area contributed by atoms with Gasteiger partial charge in [-0.1, -0.05) is 50.6 Å². The van der Waals surface area contributed by atoms with E-state index in [9.17, 15) is 0 Å². The number of rotatable bonds is 9. The quantitative estimate of drug-likeness (QED) is 0.698. The van der Waals surface area contributed by atoms with Gasteiger partial charge in [0.15, 0.2) is 0 Å². The first kappa shape index (κ1) is 16.5. The van der Waals surface area contributed by atoms with Crippen molar-refractivity contribution in [3.05, 3.63) is 16.4 Å². The van der Waals surface area contributed by atoms with E-state index in [2.05, 4.69) is 17.3 Å². The molecule has 4 heteroatoms. The molecule has 1 N–H and O–H groups in total. The van der Waals surface area contributed by atoms with E-state index >= 15 is 0 Å². The van der Waals surface area contributed by atoms with Gasteiger partial charge in [-0.15, -0.1) is 0 Å². The van der Waals surface area contributed by atoms with Crippen molar-refractivity contribution in [2.24, 2.45) is 7.05 Å². The molecule has 0 aliphatic heterocycles. The van der Waals surface area contributed by atoms with Gasteiger partial charge in [0.2, 0.25) is 0 Å². The lowest BCUT2D eigenvalue weighted by Crippen LogP contribution is -2.28. The summed E-state index contributed by atoms with van der Waals surface area (Å²) in [6.45, 7) is 4.22. The molecule has 0 amide bonds. The molecule has 0 fully saturated rings. The molecule has 1 rings (SSSR count). The summed E-state index contributed by atoms with van der Waals surface area (Å²) in [5, 5.41) is 8.61. The number of aryl methyl sites for hydroxylation is 2. The van der Waals surface area contributed by atoms with Crippen molar-refractivity contribution in [1.82, 2.24) is 15.1 Å². The lowest BCUT2D eigenvalue weighted by Gasteiger charge is -2.16. The Hall–Kier alpha value is -0.540. The maximum absolute atomic E-state index is 6.31. The molecule has 3 nitrogen and oxygen atoms in total. The van der Waals surface area contributed by atoms with Crippen LogP contribution in [-0.4, -0.2) is 22.9 Å². The number of nitrogens with zero attached hydrogens (tertiary/aromatic N) is 2. The minimum atomic E-state index is 0.494. The second-order valence-corrected chi connectivity index (χ2v) is 5.74. The molecule has 0 aliphatic rings. The molecular weight excluding hydrogens is 258 g/mol. The summed E-state index contributed by atoms with van der Waals surface area (Å²) in [4.78, 5) is 0. The Morgan fingerprint density at radius 3 is 2.47 bits per heavy atom. The van der Waals surface area contributed by atoms with Gasteiger partial charge in [0.25, 0.3) is 0 Å². The zero-order chi connectivity index (χ0) is 14.3. The summed E-state index contributed by atoms with van der Waals surface area (Å²) >= 11 is 6.31. The Morgan fingerprint density at radius 1 is 1.26 bits per heavy atom. The van der Waals surface area contributed by atoms with Gasteiger partial charge in [-0.05, 0) is 20.4 Å². The molecule has 0 radical (unpaired) electrons. The first-order valence-corrected chi connectivity index (χ1v) is 7.83. The van der Waals surface area contributed by atoms with Crippen molar-refractivity contribution in [2.45, 2.75) is 64.8 Å². The predicted molar refractivity (Wildman–Crippen MR) is 82.9 cm³/mol. The normalized spacial score (nSPS) is 12.9. The van der Waals surface area contributed by atoms with E-state index in [-0.39, 0.29) is 0 Å². The summed E-state index contributed by atoms with van der Waals surface area (Å²) < 4.78 is 1.92. The van der Waals surface area contributed by atoms with E-state index in [1.54, 1.807) is 0 Å².